The maximum absolute atomic E-state index is 2.42. The molecule has 2 heterocycles. The SMILES string of the molecule is c1ccc(N(c2cccc(-n3c4ccccc4c4c5c(ccc43)ccn5-c3ccccc3)c2)c2ccc3ccccc3c2)cc1. The quantitative estimate of drug-likeness (QED) is 0.199. The van der Waals surface area contributed by atoms with E-state index in [-0.39, 0.29) is 0 Å². The van der Waals surface area contributed by atoms with Gasteiger partial charge in [-0.05, 0) is 83.6 Å². The first kappa shape index (κ1) is 25.4. The average Bonchev–Trinajstić information content (AvgIpc) is 3.69. The molecule has 0 aliphatic carbocycles. The van der Waals surface area contributed by atoms with Crippen molar-refractivity contribution in [1.29, 1.82) is 0 Å². The van der Waals surface area contributed by atoms with Crippen LogP contribution in [0.25, 0.3) is 54.9 Å². The van der Waals surface area contributed by atoms with E-state index in [2.05, 4.69) is 190 Å². The topological polar surface area (TPSA) is 13.1 Å². The van der Waals surface area contributed by atoms with E-state index in [4.69, 9.17) is 0 Å². The van der Waals surface area contributed by atoms with E-state index in [0.717, 1.165) is 28.4 Å². The Morgan fingerprint density at radius 1 is 0.400 bits per heavy atom. The maximum Gasteiger partial charge on any atom is 0.0628 e. The third-order valence-corrected chi connectivity index (χ3v) is 8.87. The molecule has 0 radical (unpaired) electrons. The number of hydrogen-bond donors (Lipinski definition) is 0. The third kappa shape index (κ3) is 4.13. The summed E-state index contributed by atoms with van der Waals surface area (Å²) in [5.74, 6) is 0. The monoisotopic (exact) mass is 575 g/mol. The van der Waals surface area contributed by atoms with Gasteiger partial charge in [-0.25, -0.2) is 0 Å². The molecule has 0 bridgehead atoms. The summed E-state index contributed by atoms with van der Waals surface area (Å²) < 4.78 is 4.74. The van der Waals surface area contributed by atoms with Gasteiger partial charge in [-0.1, -0.05) is 97.1 Å². The lowest BCUT2D eigenvalue weighted by Crippen LogP contribution is -2.10. The van der Waals surface area contributed by atoms with Crippen molar-refractivity contribution in [2.24, 2.45) is 0 Å². The molecular formula is C42H29N3. The minimum absolute atomic E-state index is 1.11. The number of aromatic nitrogens is 2. The Bertz CT molecular complexity index is 2490. The van der Waals surface area contributed by atoms with Gasteiger partial charge in [0.2, 0.25) is 0 Å². The molecule has 0 saturated carbocycles. The Hall–Kier alpha value is -6.06. The number of rotatable bonds is 5. The summed E-state index contributed by atoms with van der Waals surface area (Å²) in [6.45, 7) is 0. The van der Waals surface area contributed by atoms with Gasteiger partial charge in [-0.3, -0.25) is 0 Å². The summed E-state index contributed by atoms with van der Waals surface area (Å²) in [6.07, 6.45) is 2.19. The molecule has 0 unspecified atom stereocenters. The van der Waals surface area contributed by atoms with E-state index in [1.807, 2.05) is 0 Å². The first-order valence-electron chi connectivity index (χ1n) is 15.4. The van der Waals surface area contributed by atoms with Gasteiger partial charge in [0.05, 0.1) is 16.6 Å². The standard InChI is InChI=1S/C42H29N3/c1-3-14-33(15-4-1)43-27-26-31-23-25-40-41(42(31)43)38-20-9-10-21-39(38)45(40)36-19-11-18-35(29-36)44(34-16-5-2-6-17-34)37-24-22-30-12-7-8-13-32(30)28-37/h1-29H. The summed E-state index contributed by atoms with van der Waals surface area (Å²) in [7, 11) is 0. The molecule has 9 aromatic rings. The zero-order valence-electron chi connectivity index (χ0n) is 24.6. The maximum atomic E-state index is 2.42. The van der Waals surface area contributed by atoms with Crippen LogP contribution in [0, 0.1) is 0 Å². The van der Waals surface area contributed by atoms with Crippen LogP contribution in [0.5, 0.6) is 0 Å². The third-order valence-electron chi connectivity index (χ3n) is 8.87. The van der Waals surface area contributed by atoms with Gasteiger partial charge in [0, 0.05) is 50.8 Å². The average molecular weight is 576 g/mol. The first-order valence-corrected chi connectivity index (χ1v) is 15.4. The van der Waals surface area contributed by atoms with Gasteiger partial charge in [0.25, 0.3) is 0 Å². The largest absolute Gasteiger partial charge is 0.316 e. The molecule has 7 aromatic carbocycles. The van der Waals surface area contributed by atoms with Crippen LogP contribution in [0.4, 0.5) is 17.1 Å². The minimum atomic E-state index is 1.11. The Balaban J connectivity index is 1.29. The van der Waals surface area contributed by atoms with Gasteiger partial charge >= 0.3 is 0 Å². The number of para-hydroxylation sites is 3. The lowest BCUT2D eigenvalue weighted by Gasteiger charge is -2.26. The van der Waals surface area contributed by atoms with Crippen molar-refractivity contribution in [1.82, 2.24) is 9.13 Å². The Labute approximate surface area is 261 Å². The predicted molar refractivity (Wildman–Crippen MR) is 190 cm³/mol. The van der Waals surface area contributed by atoms with Crippen molar-refractivity contribution in [2.75, 3.05) is 4.90 Å². The minimum Gasteiger partial charge on any atom is -0.316 e. The molecule has 0 amide bonds. The van der Waals surface area contributed by atoms with Crippen LogP contribution in [0.3, 0.4) is 0 Å². The Kier molecular flexibility index (Phi) is 5.82. The molecule has 0 aliphatic rings. The van der Waals surface area contributed by atoms with Gasteiger partial charge in [-0.15, -0.1) is 0 Å². The van der Waals surface area contributed by atoms with Crippen molar-refractivity contribution >= 4 is 60.5 Å². The number of nitrogens with zero attached hydrogens (tertiary/aromatic N) is 3. The second kappa shape index (κ2) is 10.3. The normalized spacial score (nSPS) is 11.6. The molecule has 0 N–H and O–H groups in total. The fourth-order valence-electron chi connectivity index (χ4n) is 6.87. The van der Waals surface area contributed by atoms with Crippen LogP contribution in [0.2, 0.25) is 0 Å². The van der Waals surface area contributed by atoms with E-state index in [9.17, 15) is 0 Å². The molecule has 0 spiro atoms. The van der Waals surface area contributed by atoms with Crippen LogP contribution >= 0.6 is 0 Å². The highest BCUT2D eigenvalue weighted by molar-refractivity contribution is 6.20. The van der Waals surface area contributed by atoms with E-state index in [1.165, 1.54) is 43.5 Å². The zero-order valence-corrected chi connectivity index (χ0v) is 24.6. The van der Waals surface area contributed by atoms with Crippen LogP contribution in [-0.4, -0.2) is 9.13 Å². The number of anilines is 3. The fourth-order valence-corrected chi connectivity index (χ4v) is 6.87. The molecule has 0 saturated heterocycles. The highest BCUT2D eigenvalue weighted by atomic mass is 15.1. The summed E-state index contributed by atoms with van der Waals surface area (Å²) >= 11 is 0. The zero-order chi connectivity index (χ0) is 29.7. The summed E-state index contributed by atoms with van der Waals surface area (Å²) in [5, 5.41) is 6.19. The molecule has 0 aliphatic heterocycles. The van der Waals surface area contributed by atoms with Crippen LogP contribution in [-0.2, 0) is 0 Å². The molecule has 0 fully saturated rings. The smallest absolute Gasteiger partial charge is 0.0628 e. The predicted octanol–water partition coefficient (Wildman–Crippen LogP) is 11.4. The van der Waals surface area contributed by atoms with E-state index in [1.54, 1.807) is 0 Å². The molecule has 212 valence electrons. The molecule has 3 heteroatoms. The van der Waals surface area contributed by atoms with Crippen molar-refractivity contribution in [3.8, 4) is 11.4 Å². The van der Waals surface area contributed by atoms with Crippen molar-refractivity contribution in [3.05, 3.63) is 176 Å². The number of fused-ring (bicyclic) bond motifs is 6. The summed E-state index contributed by atoms with van der Waals surface area (Å²) in [5.41, 5.74) is 9.24. The van der Waals surface area contributed by atoms with Crippen LogP contribution < -0.4 is 4.90 Å². The van der Waals surface area contributed by atoms with E-state index >= 15 is 0 Å². The highest BCUT2D eigenvalue weighted by Gasteiger charge is 2.19. The molecule has 3 nitrogen and oxygen atoms in total. The van der Waals surface area contributed by atoms with E-state index in [0.29, 0.717) is 0 Å². The van der Waals surface area contributed by atoms with Crippen molar-refractivity contribution < 1.29 is 0 Å². The lowest BCUT2D eigenvalue weighted by atomic mass is 10.1. The van der Waals surface area contributed by atoms with Crippen LogP contribution in [0.15, 0.2) is 176 Å². The highest BCUT2D eigenvalue weighted by Crippen LogP contribution is 2.41. The first-order chi connectivity index (χ1) is 22.3. The van der Waals surface area contributed by atoms with Crippen molar-refractivity contribution in [2.45, 2.75) is 0 Å². The molecule has 0 atom stereocenters. The van der Waals surface area contributed by atoms with Gasteiger partial charge in [0.1, 0.15) is 0 Å². The van der Waals surface area contributed by atoms with Gasteiger partial charge in [-0.2, -0.15) is 0 Å². The second-order valence-electron chi connectivity index (χ2n) is 11.5. The fraction of sp³-hybridized carbons (Fsp3) is 0. The molecular weight excluding hydrogens is 546 g/mol. The van der Waals surface area contributed by atoms with Crippen molar-refractivity contribution in [3.63, 3.8) is 0 Å². The van der Waals surface area contributed by atoms with Gasteiger partial charge in [0.15, 0.2) is 0 Å². The summed E-state index contributed by atoms with van der Waals surface area (Å²) in [4.78, 5) is 2.35. The Morgan fingerprint density at radius 2 is 1.07 bits per heavy atom. The second-order valence-corrected chi connectivity index (χ2v) is 11.5. The summed E-state index contributed by atoms with van der Waals surface area (Å²) in [6, 6.07) is 61.0. The van der Waals surface area contributed by atoms with Gasteiger partial charge < -0.3 is 14.0 Å². The molecule has 45 heavy (non-hydrogen) atoms. The molecule has 2 aromatic heterocycles. The lowest BCUT2D eigenvalue weighted by molar-refractivity contribution is 1.13. The van der Waals surface area contributed by atoms with Crippen LogP contribution in [0.1, 0.15) is 0 Å². The molecule has 9 rings (SSSR count). The number of benzene rings is 7. The Morgan fingerprint density at radius 3 is 1.93 bits per heavy atom. The van der Waals surface area contributed by atoms with E-state index < -0.39 is 0 Å². The number of hydrogen-bond acceptors (Lipinski definition) is 1.